The van der Waals surface area contributed by atoms with Gasteiger partial charge in [0.1, 0.15) is 11.5 Å². The maximum Gasteiger partial charge on any atom is 0.157 e. The SMILES string of the molecule is C=C(C(C)=O)C(O)CCCc1ccc(C)o1. The summed E-state index contributed by atoms with van der Waals surface area (Å²) >= 11 is 0. The fourth-order valence-electron chi connectivity index (χ4n) is 1.50. The molecule has 3 nitrogen and oxygen atoms in total. The quantitative estimate of drug-likeness (QED) is 0.752. The van der Waals surface area contributed by atoms with Gasteiger partial charge in [0, 0.05) is 12.0 Å². The van der Waals surface area contributed by atoms with Gasteiger partial charge in [0.25, 0.3) is 0 Å². The molecule has 1 atom stereocenters. The lowest BCUT2D eigenvalue weighted by Crippen LogP contribution is -2.15. The van der Waals surface area contributed by atoms with Crippen LogP contribution in [-0.2, 0) is 11.2 Å². The van der Waals surface area contributed by atoms with E-state index in [9.17, 15) is 9.90 Å². The third-order valence-electron chi connectivity index (χ3n) is 2.55. The molecule has 88 valence electrons. The molecular weight excluding hydrogens is 204 g/mol. The van der Waals surface area contributed by atoms with Crippen molar-refractivity contribution < 1.29 is 14.3 Å². The lowest BCUT2D eigenvalue weighted by atomic mass is 10.0. The molecule has 16 heavy (non-hydrogen) atoms. The maximum absolute atomic E-state index is 10.9. The Bertz CT molecular complexity index is 376. The van der Waals surface area contributed by atoms with Crippen molar-refractivity contribution in [1.29, 1.82) is 0 Å². The Labute approximate surface area is 95.8 Å². The van der Waals surface area contributed by atoms with Crippen LogP contribution < -0.4 is 0 Å². The van der Waals surface area contributed by atoms with E-state index >= 15 is 0 Å². The molecule has 0 aliphatic rings. The third kappa shape index (κ3) is 3.66. The zero-order valence-corrected chi connectivity index (χ0v) is 9.82. The average Bonchev–Trinajstić information content (AvgIpc) is 2.62. The van der Waals surface area contributed by atoms with E-state index in [2.05, 4.69) is 6.58 Å². The predicted molar refractivity (Wildman–Crippen MR) is 62.2 cm³/mol. The van der Waals surface area contributed by atoms with Crippen LogP contribution in [0.5, 0.6) is 0 Å². The lowest BCUT2D eigenvalue weighted by Gasteiger charge is -2.10. The lowest BCUT2D eigenvalue weighted by molar-refractivity contribution is -0.114. The first-order valence-corrected chi connectivity index (χ1v) is 5.44. The number of aliphatic hydroxyl groups excluding tert-OH is 1. The molecule has 1 heterocycles. The van der Waals surface area contributed by atoms with Crippen molar-refractivity contribution in [2.75, 3.05) is 0 Å². The molecule has 3 heteroatoms. The molecule has 0 aliphatic heterocycles. The molecule has 0 amide bonds. The molecule has 0 saturated carbocycles. The number of carbonyl (C=O) groups excluding carboxylic acids is 1. The first kappa shape index (κ1) is 12.7. The van der Waals surface area contributed by atoms with Crippen LogP contribution in [0.1, 0.15) is 31.3 Å². The van der Waals surface area contributed by atoms with Gasteiger partial charge in [-0.05, 0) is 38.8 Å². The molecular formula is C13H18O3. The highest BCUT2D eigenvalue weighted by atomic mass is 16.3. The van der Waals surface area contributed by atoms with Crippen LogP contribution in [0, 0.1) is 6.92 Å². The smallest absolute Gasteiger partial charge is 0.157 e. The Kier molecular flexibility index (Phi) is 4.50. The van der Waals surface area contributed by atoms with Crippen LogP contribution in [0.25, 0.3) is 0 Å². The highest BCUT2D eigenvalue weighted by molar-refractivity contribution is 5.93. The molecule has 0 spiro atoms. The largest absolute Gasteiger partial charge is 0.466 e. The minimum atomic E-state index is -0.728. The van der Waals surface area contributed by atoms with Crippen molar-refractivity contribution in [3.8, 4) is 0 Å². The zero-order chi connectivity index (χ0) is 12.1. The Balaban J connectivity index is 2.30. The van der Waals surface area contributed by atoms with Gasteiger partial charge < -0.3 is 9.52 Å². The molecule has 0 aliphatic carbocycles. The van der Waals surface area contributed by atoms with Crippen molar-refractivity contribution >= 4 is 5.78 Å². The Morgan fingerprint density at radius 3 is 2.75 bits per heavy atom. The molecule has 1 unspecified atom stereocenters. The minimum absolute atomic E-state index is 0.152. The minimum Gasteiger partial charge on any atom is -0.466 e. The standard InChI is InChI=1S/C13H18O3/c1-9-7-8-12(16-9)5-4-6-13(15)10(2)11(3)14/h7-8,13,15H,2,4-6H2,1,3H3. The van der Waals surface area contributed by atoms with Crippen LogP contribution in [-0.4, -0.2) is 17.0 Å². The van der Waals surface area contributed by atoms with Crippen molar-refractivity contribution in [2.45, 2.75) is 39.2 Å². The van der Waals surface area contributed by atoms with Gasteiger partial charge in [-0.2, -0.15) is 0 Å². The highest BCUT2D eigenvalue weighted by Crippen LogP contribution is 2.13. The molecule has 0 bridgehead atoms. The van der Waals surface area contributed by atoms with E-state index in [1.807, 2.05) is 19.1 Å². The second-order valence-electron chi connectivity index (χ2n) is 4.00. The van der Waals surface area contributed by atoms with Gasteiger partial charge in [0.05, 0.1) is 6.10 Å². The van der Waals surface area contributed by atoms with Crippen molar-refractivity contribution in [3.05, 3.63) is 35.8 Å². The van der Waals surface area contributed by atoms with Gasteiger partial charge in [-0.15, -0.1) is 0 Å². The van der Waals surface area contributed by atoms with Crippen molar-refractivity contribution in [2.24, 2.45) is 0 Å². The normalized spacial score (nSPS) is 12.4. The summed E-state index contributed by atoms with van der Waals surface area (Å²) in [4.78, 5) is 10.9. The number of hydrogen-bond acceptors (Lipinski definition) is 3. The molecule has 1 aromatic heterocycles. The Hall–Kier alpha value is -1.35. The summed E-state index contributed by atoms with van der Waals surface area (Å²) < 4.78 is 5.40. The molecule has 1 N–H and O–H groups in total. The number of rotatable bonds is 6. The number of aliphatic hydroxyl groups is 1. The van der Waals surface area contributed by atoms with Crippen LogP contribution in [0.3, 0.4) is 0 Å². The molecule has 0 aromatic carbocycles. The van der Waals surface area contributed by atoms with Crippen LogP contribution >= 0.6 is 0 Å². The summed E-state index contributed by atoms with van der Waals surface area (Å²) in [6, 6.07) is 3.85. The predicted octanol–water partition coefficient (Wildman–Crippen LogP) is 2.42. The number of Topliss-reactive ketones (excluding diaryl/α,β-unsaturated/α-hetero) is 1. The fourth-order valence-corrected chi connectivity index (χ4v) is 1.50. The molecule has 0 saturated heterocycles. The number of carbonyl (C=O) groups is 1. The number of aryl methyl sites for hydroxylation is 2. The summed E-state index contributed by atoms with van der Waals surface area (Å²) in [6.45, 7) is 6.88. The van der Waals surface area contributed by atoms with Gasteiger partial charge >= 0.3 is 0 Å². The summed E-state index contributed by atoms with van der Waals surface area (Å²) in [5.74, 6) is 1.66. The Morgan fingerprint density at radius 1 is 1.56 bits per heavy atom. The van der Waals surface area contributed by atoms with Gasteiger partial charge in [-0.1, -0.05) is 6.58 Å². The molecule has 1 aromatic rings. The Morgan fingerprint density at radius 2 is 2.25 bits per heavy atom. The van der Waals surface area contributed by atoms with E-state index in [0.717, 1.165) is 24.4 Å². The zero-order valence-electron chi connectivity index (χ0n) is 9.82. The average molecular weight is 222 g/mol. The summed E-state index contributed by atoms with van der Waals surface area (Å²) in [7, 11) is 0. The second-order valence-corrected chi connectivity index (χ2v) is 4.00. The monoisotopic (exact) mass is 222 g/mol. The highest BCUT2D eigenvalue weighted by Gasteiger charge is 2.12. The molecule has 0 radical (unpaired) electrons. The maximum atomic E-state index is 10.9. The van der Waals surface area contributed by atoms with Crippen LogP contribution in [0.2, 0.25) is 0 Å². The topological polar surface area (TPSA) is 50.4 Å². The second kappa shape index (κ2) is 5.66. The summed E-state index contributed by atoms with van der Waals surface area (Å²) in [6.07, 6.45) is 1.36. The first-order valence-electron chi connectivity index (χ1n) is 5.44. The summed E-state index contributed by atoms with van der Waals surface area (Å²) in [5, 5.41) is 9.62. The number of furan rings is 1. The van der Waals surface area contributed by atoms with Gasteiger partial charge in [0.15, 0.2) is 5.78 Å². The van der Waals surface area contributed by atoms with Gasteiger partial charge in [-0.25, -0.2) is 0 Å². The van der Waals surface area contributed by atoms with E-state index in [1.54, 1.807) is 0 Å². The van der Waals surface area contributed by atoms with E-state index in [-0.39, 0.29) is 11.4 Å². The molecule has 0 fully saturated rings. The summed E-state index contributed by atoms with van der Waals surface area (Å²) in [5.41, 5.74) is 0.288. The van der Waals surface area contributed by atoms with E-state index in [1.165, 1.54) is 6.92 Å². The fraction of sp³-hybridized carbons (Fsp3) is 0.462. The van der Waals surface area contributed by atoms with Crippen LogP contribution in [0.15, 0.2) is 28.7 Å². The van der Waals surface area contributed by atoms with Gasteiger partial charge in [0.2, 0.25) is 0 Å². The van der Waals surface area contributed by atoms with Crippen LogP contribution in [0.4, 0.5) is 0 Å². The van der Waals surface area contributed by atoms with E-state index in [4.69, 9.17) is 4.42 Å². The first-order chi connectivity index (χ1) is 7.50. The van der Waals surface area contributed by atoms with Crippen molar-refractivity contribution in [1.82, 2.24) is 0 Å². The molecule has 1 rings (SSSR count). The third-order valence-corrected chi connectivity index (χ3v) is 2.55. The number of hydrogen-bond donors (Lipinski definition) is 1. The van der Waals surface area contributed by atoms with Crippen molar-refractivity contribution in [3.63, 3.8) is 0 Å². The van der Waals surface area contributed by atoms with E-state index < -0.39 is 6.10 Å². The van der Waals surface area contributed by atoms with Gasteiger partial charge in [-0.3, -0.25) is 4.79 Å². The number of ketones is 1. The van der Waals surface area contributed by atoms with E-state index in [0.29, 0.717) is 6.42 Å².